The van der Waals surface area contributed by atoms with E-state index in [2.05, 4.69) is 5.32 Å². The molecule has 0 atom stereocenters. The number of carbonyl (C=O) groups excluding carboxylic acids is 1. The maximum atomic E-state index is 12.1. The van der Waals surface area contributed by atoms with Gasteiger partial charge in [0.05, 0.1) is 13.2 Å². The van der Waals surface area contributed by atoms with Crippen LogP contribution < -0.4 is 14.8 Å². The number of phenolic OH excluding ortho intramolecular Hbond substituents is 1. The number of nitrogens with one attached hydrogen (secondary N) is 1. The van der Waals surface area contributed by atoms with Crippen molar-refractivity contribution >= 4 is 11.9 Å². The number of ether oxygens (including phenoxy) is 2. The van der Waals surface area contributed by atoms with Gasteiger partial charge in [0, 0.05) is 18.5 Å². The highest BCUT2D eigenvalue weighted by Crippen LogP contribution is 2.37. The van der Waals surface area contributed by atoms with Crippen molar-refractivity contribution in [3.63, 3.8) is 0 Å². The minimum Gasteiger partial charge on any atom is -0.502 e. The number of phenols is 1. The zero-order valence-electron chi connectivity index (χ0n) is 12.7. The molecule has 0 aliphatic rings. The van der Waals surface area contributed by atoms with E-state index in [1.165, 1.54) is 12.1 Å². The maximum Gasteiger partial charge on any atom is 0.303 e. The molecule has 0 fully saturated rings. The first-order valence-corrected chi connectivity index (χ1v) is 7.12. The highest BCUT2D eigenvalue weighted by Gasteiger charge is 2.16. The van der Waals surface area contributed by atoms with E-state index < -0.39 is 5.97 Å². The van der Waals surface area contributed by atoms with Crippen LogP contribution in [0, 0.1) is 0 Å². The van der Waals surface area contributed by atoms with Crippen LogP contribution in [0.25, 0.3) is 0 Å². The molecule has 0 saturated heterocycles. The van der Waals surface area contributed by atoms with E-state index in [4.69, 9.17) is 14.6 Å². The molecule has 0 aliphatic heterocycles. The fourth-order valence-corrected chi connectivity index (χ4v) is 1.79. The van der Waals surface area contributed by atoms with Crippen LogP contribution in [-0.4, -0.2) is 41.8 Å². The van der Waals surface area contributed by atoms with Gasteiger partial charge in [0.15, 0.2) is 11.5 Å². The highest BCUT2D eigenvalue weighted by molar-refractivity contribution is 5.95. The Morgan fingerprint density at radius 3 is 2.14 bits per heavy atom. The molecule has 0 aliphatic carbocycles. The predicted molar refractivity (Wildman–Crippen MR) is 79.6 cm³/mol. The molecule has 1 aromatic carbocycles. The zero-order chi connectivity index (χ0) is 16.5. The van der Waals surface area contributed by atoms with E-state index in [1.54, 1.807) is 13.8 Å². The summed E-state index contributed by atoms with van der Waals surface area (Å²) in [6, 6.07) is 2.85. The third-order valence-electron chi connectivity index (χ3n) is 2.75. The van der Waals surface area contributed by atoms with Gasteiger partial charge < -0.3 is 25.0 Å². The molecule has 1 aromatic rings. The molecule has 1 rings (SSSR count). The second kappa shape index (κ2) is 8.76. The average molecular weight is 311 g/mol. The summed E-state index contributed by atoms with van der Waals surface area (Å²) in [7, 11) is 0. The van der Waals surface area contributed by atoms with Gasteiger partial charge in [0.2, 0.25) is 5.75 Å². The van der Waals surface area contributed by atoms with Crippen LogP contribution in [0.2, 0.25) is 0 Å². The Hall–Kier alpha value is -2.44. The Morgan fingerprint density at radius 1 is 1.14 bits per heavy atom. The summed E-state index contributed by atoms with van der Waals surface area (Å²) in [6.45, 7) is 4.45. The number of aliphatic carboxylic acids is 1. The summed E-state index contributed by atoms with van der Waals surface area (Å²) in [5, 5.41) is 21.1. The van der Waals surface area contributed by atoms with E-state index in [1.807, 2.05) is 0 Å². The molecule has 7 nitrogen and oxygen atoms in total. The van der Waals surface area contributed by atoms with Gasteiger partial charge in [-0.25, -0.2) is 0 Å². The van der Waals surface area contributed by atoms with Crippen molar-refractivity contribution in [3.8, 4) is 17.2 Å². The van der Waals surface area contributed by atoms with Crippen LogP contribution in [0.5, 0.6) is 17.2 Å². The SMILES string of the molecule is CCOc1cc(C(=O)NCCCC(=O)O)cc(OCC)c1O. The minimum atomic E-state index is -0.906. The maximum absolute atomic E-state index is 12.1. The second-order valence-electron chi connectivity index (χ2n) is 4.44. The lowest BCUT2D eigenvalue weighted by molar-refractivity contribution is -0.137. The Kier molecular flexibility index (Phi) is 7.01. The quantitative estimate of drug-likeness (QED) is 0.600. The third kappa shape index (κ3) is 5.16. The number of hydrogen-bond donors (Lipinski definition) is 3. The summed E-state index contributed by atoms with van der Waals surface area (Å²) >= 11 is 0. The Balaban J connectivity index is 2.83. The smallest absolute Gasteiger partial charge is 0.303 e. The van der Waals surface area contributed by atoms with Gasteiger partial charge in [-0.05, 0) is 32.4 Å². The molecule has 3 N–H and O–H groups in total. The highest BCUT2D eigenvalue weighted by atomic mass is 16.5. The molecule has 0 radical (unpaired) electrons. The Morgan fingerprint density at radius 2 is 1.68 bits per heavy atom. The summed E-state index contributed by atoms with van der Waals surface area (Å²) in [4.78, 5) is 22.5. The molecule has 0 aromatic heterocycles. The van der Waals surface area contributed by atoms with Crippen molar-refractivity contribution in [2.24, 2.45) is 0 Å². The number of amides is 1. The van der Waals surface area contributed by atoms with Crippen LogP contribution in [0.3, 0.4) is 0 Å². The van der Waals surface area contributed by atoms with Crippen LogP contribution in [0.15, 0.2) is 12.1 Å². The van der Waals surface area contributed by atoms with Gasteiger partial charge in [-0.2, -0.15) is 0 Å². The topological polar surface area (TPSA) is 105 Å². The summed E-state index contributed by atoms with van der Waals surface area (Å²) < 4.78 is 10.6. The first-order valence-electron chi connectivity index (χ1n) is 7.12. The van der Waals surface area contributed by atoms with Gasteiger partial charge in [0.1, 0.15) is 0 Å². The fourth-order valence-electron chi connectivity index (χ4n) is 1.79. The number of carboxylic acids is 1. The molecule has 122 valence electrons. The fraction of sp³-hybridized carbons (Fsp3) is 0.467. The molecular formula is C15H21NO6. The van der Waals surface area contributed by atoms with Crippen molar-refractivity contribution in [2.45, 2.75) is 26.7 Å². The summed E-state index contributed by atoms with van der Waals surface area (Å²) in [6.07, 6.45) is 0.333. The number of aromatic hydroxyl groups is 1. The van der Waals surface area contributed by atoms with Gasteiger partial charge in [-0.1, -0.05) is 0 Å². The molecule has 0 saturated carbocycles. The third-order valence-corrected chi connectivity index (χ3v) is 2.75. The van der Waals surface area contributed by atoms with E-state index in [9.17, 15) is 14.7 Å². The van der Waals surface area contributed by atoms with E-state index in [0.717, 1.165) is 0 Å². The van der Waals surface area contributed by atoms with Crippen molar-refractivity contribution in [2.75, 3.05) is 19.8 Å². The lowest BCUT2D eigenvalue weighted by Crippen LogP contribution is -2.25. The van der Waals surface area contributed by atoms with Crippen molar-refractivity contribution < 1.29 is 29.3 Å². The van der Waals surface area contributed by atoms with Gasteiger partial charge in [-0.3, -0.25) is 9.59 Å². The molecule has 7 heteroatoms. The molecule has 0 heterocycles. The number of carboxylic acid groups (broad SMARTS) is 1. The van der Waals surface area contributed by atoms with Crippen LogP contribution in [0.4, 0.5) is 0 Å². The lowest BCUT2D eigenvalue weighted by Gasteiger charge is -2.13. The first kappa shape index (κ1) is 17.6. The van der Waals surface area contributed by atoms with Crippen LogP contribution in [0.1, 0.15) is 37.0 Å². The number of rotatable bonds is 9. The van der Waals surface area contributed by atoms with Gasteiger partial charge in [-0.15, -0.1) is 0 Å². The average Bonchev–Trinajstić information content (AvgIpc) is 2.47. The minimum absolute atomic E-state index is 0.00967. The number of hydrogen-bond acceptors (Lipinski definition) is 5. The molecule has 1 amide bonds. The summed E-state index contributed by atoms with van der Waals surface area (Å²) in [5.41, 5.74) is 0.278. The molecular weight excluding hydrogens is 290 g/mol. The monoisotopic (exact) mass is 311 g/mol. The number of benzene rings is 1. The number of carbonyl (C=O) groups is 2. The molecule has 22 heavy (non-hydrogen) atoms. The molecule has 0 bridgehead atoms. The van der Waals surface area contributed by atoms with Gasteiger partial charge in [0.25, 0.3) is 5.91 Å². The Labute approximate surface area is 128 Å². The molecule has 0 unspecified atom stereocenters. The Bertz CT molecular complexity index is 502. The van der Waals surface area contributed by atoms with Crippen molar-refractivity contribution in [3.05, 3.63) is 17.7 Å². The predicted octanol–water partition coefficient (Wildman–Crippen LogP) is 1.78. The first-order chi connectivity index (χ1) is 10.5. The van der Waals surface area contributed by atoms with E-state index in [0.29, 0.717) is 19.6 Å². The lowest BCUT2D eigenvalue weighted by atomic mass is 10.1. The van der Waals surface area contributed by atoms with Crippen molar-refractivity contribution in [1.82, 2.24) is 5.32 Å². The zero-order valence-corrected chi connectivity index (χ0v) is 12.7. The molecule has 0 spiro atoms. The normalized spacial score (nSPS) is 10.1. The largest absolute Gasteiger partial charge is 0.502 e. The van der Waals surface area contributed by atoms with E-state index >= 15 is 0 Å². The van der Waals surface area contributed by atoms with Crippen LogP contribution >= 0.6 is 0 Å². The second-order valence-corrected chi connectivity index (χ2v) is 4.44. The van der Waals surface area contributed by atoms with Crippen LogP contribution in [-0.2, 0) is 4.79 Å². The van der Waals surface area contributed by atoms with E-state index in [-0.39, 0.29) is 41.7 Å². The van der Waals surface area contributed by atoms with Crippen molar-refractivity contribution in [1.29, 1.82) is 0 Å². The standard InChI is InChI=1S/C15H21NO6/c1-3-21-11-8-10(9-12(14(11)19)22-4-2)15(20)16-7-5-6-13(17)18/h8-9,19H,3-7H2,1-2H3,(H,16,20)(H,17,18). The van der Waals surface area contributed by atoms with Gasteiger partial charge >= 0.3 is 5.97 Å². The summed E-state index contributed by atoms with van der Waals surface area (Å²) in [5.74, 6) is -1.09.